The maximum atomic E-state index is 14.3. The number of aromatic nitrogens is 2. The van der Waals surface area contributed by atoms with E-state index >= 15 is 0 Å². The zero-order valence-electron chi connectivity index (χ0n) is 27.8. The molecule has 250 valence electrons. The first-order valence-corrected chi connectivity index (χ1v) is 16.0. The number of likely N-dealkylation sites (N-methyl/N-ethyl adjacent to an activating group) is 1. The lowest BCUT2D eigenvalue weighted by Crippen LogP contribution is -2.47. The predicted molar refractivity (Wildman–Crippen MR) is 176 cm³/mol. The lowest BCUT2D eigenvalue weighted by atomic mass is 10.0. The van der Waals surface area contributed by atoms with E-state index in [9.17, 15) is 14.7 Å². The smallest absolute Gasteiger partial charge is 0.323 e. The van der Waals surface area contributed by atoms with E-state index in [4.69, 9.17) is 14.0 Å². The number of fused-ring (bicyclic) bond motifs is 1. The zero-order valence-corrected chi connectivity index (χ0v) is 27.8. The maximum Gasteiger partial charge on any atom is 0.323 e. The molecule has 1 aromatic carbocycles. The predicted octanol–water partition coefficient (Wildman–Crippen LogP) is 5.26. The summed E-state index contributed by atoms with van der Waals surface area (Å²) in [6.07, 6.45) is 5.86. The lowest BCUT2D eigenvalue weighted by Gasteiger charge is -2.36. The third kappa shape index (κ3) is 9.51. The highest BCUT2D eigenvalue weighted by Gasteiger charge is 2.30. The molecule has 0 spiro atoms. The van der Waals surface area contributed by atoms with E-state index in [2.05, 4.69) is 39.6 Å². The number of nitrogens with zero attached hydrogens (tertiary/aromatic N) is 4. The molecule has 3 amide bonds. The van der Waals surface area contributed by atoms with Crippen LogP contribution in [0, 0.1) is 19.8 Å². The van der Waals surface area contributed by atoms with E-state index in [1.165, 1.54) is 0 Å². The molecule has 3 N–H and O–H groups in total. The van der Waals surface area contributed by atoms with E-state index in [-0.39, 0.29) is 30.6 Å². The maximum absolute atomic E-state index is 14.3. The van der Waals surface area contributed by atoms with Crippen LogP contribution < -0.4 is 15.4 Å². The third-order valence-electron chi connectivity index (χ3n) is 8.27. The van der Waals surface area contributed by atoms with E-state index < -0.39 is 12.1 Å². The number of pyridine rings is 1. The van der Waals surface area contributed by atoms with Gasteiger partial charge in [0.15, 0.2) is 5.76 Å². The Bertz CT molecular complexity index is 1410. The van der Waals surface area contributed by atoms with Gasteiger partial charge in [0.1, 0.15) is 17.1 Å². The summed E-state index contributed by atoms with van der Waals surface area (Å²) in [6.45, 7) is 11.5. The molecule has 0 fully saturated rings. The Hall–Kier alpha value is -4.00. The van der Waals surface area contributed by atoms with Crippen LogP contribution in [0.3, 0.4) is 0 Å². The molecule has 12 nitrogen and oxygen atoms in total. The van der Waals surface area contributed by atoms with Crippen LogP contribution in [-0.4, -0.2) is 88.6 Å². The summed E-state index contributed by atoms with van der Waals surface area (Å²) >= 11 is 0. The van der Waals surface area contributed by atoms with Gasteiger partial charge in [-0.1, -0.05) is 12.1 Å². The standard InChI is InChI=1S/C34H48N6O6/c1-22-18-40(23(2)21-41)33(42)29-17-28(36-34(43)37-32-25(4)38-46-26(32)5)10-11-30(29)45-24(3)9-7-8-16-44-31(22)20-39(6)19-27-12-14-35-15-13-27/h10-15,17,22-24,31,41H,7-9,16,18-21H2,1-6H3,(H2,36,37,43)/t22-,23-,24+,31+/m0/s1. The van der Waals surface area contributed by atoms with Crippen molar-refractivity contribution in [3.05, 3.63) is 65.3 Å². The van der Waals surface area contributed by atoms with Crippen molar-refractivity contribution in [2.24, 2.45) is 5.92 Å². The molecule has 2 aromatic heterocycles. The van der Waals surface area contributed by atoms with Gasteiger partial charge in [0.25, 0.3) is 5.91 Å². The largest absolute Gasteiger partial charge is 0.490 e. The Kier molecular flexibility index (Phi) is 12.5. The Morgan fingerprint density at radius 3 is 2.61 bits per heavy atom. The second kappa shape index (κ2) is 16.5. The third-order valence-corrected chi connectivity index (χ3v) is 8.27. The number of hydrogen-bond donors (Lipinski definition) is 3. The number of carbonyl (C=O) groups excluding carboxylic acids is 2. The quantitative estimate of drug-likeness (QED) is 0.302. The summed E-state index contributed by atoms with van der Waals surface area (Å²) in [6, 6.07) is 8.08. The minimum atomic E-state index is -0.498. The monoisotopic (exact) mass is 636 g/mol. The number of nitrogens with one attached hydrogen (secondary N) is 2. The molecule has 3 heterocycles. The Morgan fingerprint density at radius 1 is 1.15 bits per heavy atom. The van der Waals surface area contributed by atoms with Crippen LogP contribution in [0.5, 0.6) is 5.75 Å². The second-order valence-electron chi connectivity index (χ2n) is 12.3. The van der Waals surface area contributed by atoms with E-state index in [0.29, 0.717) is 53.8 Å². The number of hydrogen-bond acceptors (Lipinski definition) is 9. The fourth-order valence-corrected chi connectivity index (χ4v) is 5.57. The van der Waals surface area contributed by atoms with Gasteiger partial charge in [-0.05, 0) is 89.9 Å². The number of anilines is 2. The molecule has 0 radical (unpaired) electrons. The van der Waals surface area contributed by atoms with Crippen molar-refractivity contribution in [1.82, 2.24) is 19.9 Å². The molecule has 0 saturated carbocycles. The molecule has 3 aromatic rings. The molecular formula is C34H48N6O6. The van der Waals surface area contributed by atoms with Gasteiger partial charge < -0.3 is 34.6 Å². The van der Waals surface area contributed by atoms with Gasteiger partial charge in [0, 0.05) is 50.2 Å². The number of aliphatic hydroxyl groups excluding tert-OH is 1. The normalized spacial score (nSPS) is 20.4. The average molecular weight is 637 g/mol. The van der Waals surface area contributed by atoms with Crippen molar-refractivity contribution < 1.29 is 28.7 Å². The van der Waals surface area contributed by atoms with Crippen LogP contribution >= 0.6 is 0 Å². The van der Waals surface area contributed by atoms with Crippen molar-refractivity contribution >= 4 is 23.3 Å². The number of benzene rings is 1. The number of ether oxygens (including phenoxy) is 2. The topological polar surface area (TPSA) is 142 Å². The molecule has 1 aliphatic heterocycles. The molecule has 12 heteroatoms. The number of aliphatic hydroxyl groups is 1. The highest BCUT2D eigenvalue weighted by molar-refractivity contribution is 6.03. The number of carbonyl (C=O) groups is 2. The van der Waals surface area contributed by atoms with Crippen molar-refractivity contribution in [2.75, 3.05) is 44.0 Å². The van der Waals surface area contributed by atoms with Crippen molar-refractivity contribution in [1.29, 1.82) is 0 Å². The van der Waals surface area contributed by atoms with Gasteiger partial charge >= 0.3 is 6.03 Å². The van der Waals surface area contributed by atoms with Gasteiger partial charge in [-0.15, -0.1) is 0 Å². The number of rotatable bonds is 8. The minimum absolute atomic E-state index is 0.0498. The summed E-state index contributed by atoms with van der Waals surface area (Å²) < 4.78 is 17.9. The highest BCUT2D eigenvalue weighted by atomic mass is 16.5. The molecule has 4 rings (SSSR count). The lowest BCUT2D eigenvalue weighted by molar-refractivity contribution is -0.0177. The van der Waals surface area contributed by atoms with Crippen LogP contribution in [0.2, 0.25) is 0 Å². The fraction of sp³-hybridized carbons (Fsp3) is 0.529. The van der Waals surface area contributed by atoms with Crippen LogP contribution in [-0.2, 0) is 11.3 Å². The Labute approximate surface area is 271 Å². The summed E-state index contributed by atoms with van der Waals surface area (Å²) in [5.41, 5.74) is 2.93. The van der Waals surface area contributed by atoms with Crippen LogP contribution in [0.25, 0.3) is 0 Å². The first-order chi connectivity index (χ1) is 22.0. The molecule has 0 aliphatic carbocycles. The molecule has 0 saturated heterocycles. The highest BCUT2D eigenvalue weighted by Crippen LogP contribution is 2.29. The number of amides is 3. The van der Waals surface area contributed by atoms with Gasteiger partial charge in [0.2, 0.25) is 0 Å². The SMILES string of the molecule is Cc1noc(C)c1NC(=O)Nc1ccc2c(c1)C(=O)N([C@@H](C)CO)C[C@H](C)[C@@H](CN(C)Cc1ccncc1)OCCCC[C@@H](C)O2. The molecule has 0 unspecified atom stereocenters. The molecule has 1 aliphatic rings. The summed E-state index contributed by atoms with van der Waals surface area (Å²) in [5.74, 6) is 0.569. The summed E-state index contributed by atoms with van der Waals surface area (Å²) in [4.78, 5) is 35.2. The molecule has 0 bridgehead atoms. The van der Waals surface area contributed by atoms with Crippen molar-refractivity contribution in [2.45, 2.75) is 78.7 Å². The van der Waals surface area contributed by atoms with E-state index in [1.54, 1.807) is 49.3 Å². The van der Waals surface area contributed by atoms with Crippen molar-refractivity contribution in [3.63, 3.8) is 0 Å². The van der Waals surface area contributed by atoms with E-state index in [0.717, 1.165) is 31.4 Å². The van der Waals surface area contributed by atoms with Gasteiger partial charge in [-0.25, -0.2) is 4.79 Å². The summed E-state index contributed by atoms with van der Waals surface area (Å²) in [5, 5.41) is 19.7. The number of urea groups is 1. The molecular weight excluding hydrogens is 588 g/mol. The summed E-state index contributed by atoms with van der Waals surface area (Å²) in [7, 11) is 2.06. The van der Waals surface area contributed by atoms with Crippen molar-refractivity contribution in [3.8, 4) is 5.75 Å². The number of aryl methyl sites for hydroxylation is 2. The van der Waals surface area contributed by atoms with E-state index in [1.807, 2.05) is 26.0 Å². The molecule has 46 heavy (non-hydrogen) atoms. The van der Waals surface area contributed by atoms with Crippen LogP contribution in [0.1, 0.15) is 67.4 Å². The molecule has 4 atom stereocenters. The Balaban J connectivity index is 1.60. The average Bonchev–Trinajstić information content (AvgIpc) is 3.34. The van der Waals surface area contributed by atoms with Gasteiger partial charge in [-0.2, -0.15) is 0 Å². The second-order valence-corrected chi connectivity index (χ2v) is 12.3. The minimum Gasteiger partial charge on any atom is -0.490 e. The zero-order chi connectivity index (χ0) is 33.2. The van der Waals surface area contributed by atoms with Gasteiger partial charge in [0.05, 0.1) is 30.4 Å². The first-order valence-electron chi connectivity index (χ1n) is 16.0. The Morgan fingerprint density at radius 2 is 1.91 bits per heavy atom. The van der Waals surface area contributed by atoms with Crippen LogP contribution in [0.15, 0.2) is 47.2 Å². The fourth-order valence-electron chi connectivity index (χ4n) is 5.57. The van der Waals surface area contributed by atoms with Crippen LogP contribution in [0.4, 0.5) is 16.2 Å². The first kappa shape index (κ1) is 34.9. The van der Waals surface area contributed by atoms with Gasteiger partial charge in [-0.3, -0.25) is 14.7 Å².